The summed E-state index contributed by atoms with van der Waals surface area (Å²) in [6.07, 6.45) is 0. The molecule has 4 nitrogen and oxygen atoms in total. The van der Waals surface area contributed by atoms with E-state index in [0.717, 1.165) is 109 Å². The first kappa shape index (κ1) is 57.9. The molecular formula is C94H56N4S3. The van der Waals surface area contributed by atoms with Crippen molar-refractivity contribution in [3.63, 3.8) is 0 Å². The zero-order valence-electron chi connectivity index (χ0n) is 54.3. The lowest BCUT2D eigenvalue weighted by Gasteiger charge is -2.34. The molecule has 0 saturated heterocycles. The summed E-state index contributed by atoms with van der Waals surface area (Å²) in [5, 5.41) is 4.29. The molecule has 2 aliphatic rings. The van der Waals surface area contributed by atoms with Gasteiger partial charge in [-0.3, -0.25) is 0 Å². The van der Waals surface area contributed by atoms with Gasteiger partial charge in [-0.15, -0.1) is 34.0 Å². The van der Waals surface area contributed by atoms with Gasteiger partial charge in [-0.05, 0) is 135 Å². The average molecular weight is 1340 g/mol. The third-order valence-electron chi connectivity index (χ3n) is 21.6. The topological polar surface area (TPSA) is 51.6 Å². The van der Waals surface area contributed by atoms with E-state index >= 15 is 0 Å². The molecule has 0 spiro atoms. The Hall–Kier alpha value is -12.1. The molecule has 21 rings (SSSR count). The summed E-state index contributed by atoms with van der Waals surface area (Å²) in [4.78, 5) is 24.4. The number of fused-ring (bicyclic) bond motifs is 15. The second-order valence-corrected chi connectivity index (χ2v) is 29.2. The van der Waals surface area contributed by atoms with Crippen molar-refractivity contribution in [2.45, 2.75) is 10.8 Å². The van der Waals surface area contributed by atoms with Crippen LogP contribution in [0.1, 0.15) is 44.5 Å². The summed E-state index contributed by atoms with van der Waals surface area (Å²) in [6, 6.07) is 122. The van der Waals surface area contributed by atoms with Gasteiger partial charge in [-0.25, -0.2) is 19.9 Å². The zero-order chi connectivity index (χ0) is 66.3. The van der Waals surface area contributed by atoms with Crippen LogP contribution in [0.25, 0.3) is 152 Å². The summed E-state index contributed by atoms with van der Waals surface area (Å²) in [6.45, 7) is 0. The number of aromatic nitrogens is 4. The Morgan fingerprint density at radius 2 is 0.564 bits per heavy atom. The molecule has 4 heterocycles. The molecule has 0 bridgehead atoms. The van der Waals surface area contributed by atoms with Crippen molar-refractivity contribution in [3.05, 3.63) is 383 Å². The number of benzene rings is 15. The first-order valence-electron chi connectivity index (χ1n) is 34.3. The summed E-state index contributed by atoms with van der Waals surface area (Å²) in [5.41, 5.74) is 34.2. The smallest absolute Gasteiger partial charge is 0.109 e. The molecule has 19 aromatic rings. The SMILES string of the molecule is c1ccc(C2(c3ccccc3)c3ccccc3-c3c(-c4sc(-c5cccc6c5-c5ccccc5C6(c5ccccc5)c5ccccc5)c5nc6c7cc(-c8ccccc8-c8cccc9ncsc89)ccc7c7ccc(-c8ccccc8-c8cccc9ncsc89)cc7c6nc45)cccc32)cc1. The maximum Gasteiger partial charge on any atom is 0.109 e. The highest BCUT2D eigenvalue weighted by molar-refractivity contribution is 7.21. The van der Waals surface area contributed by atoms with Gasteiger partial charge < -0.3 is 0 Å². The average Bonchev–Trinajstić information content (AvgIpc) is 1.55. The summed E-state index contributed by atoms with van der Waals surface area (Å²) < 4.78 is 2.34. The molecule has 7 heteroatoms. The molecule has 0 aliphatic heterocycles. The fourth-order valence-corrected chi connectivity index (χ4v) is 20.4. The van der Waals surface area contributed by atoms with Crippen molar-refractivity contribution >= 4 is 98.1 Å². The predicted molar refractivity (Wildman–Crippen MR) is 424 cm³/mol. The minimum atomic E-state index is -0.627. The van der Waals surface area contributed by atoms with E-state index in [1.165, 1.54) is 87.3 Å². The third-order valence-corrected chi connectivity index (χ3v) is 24.6. The number of nitrogens with zero attached hydrogens (tertiary/aromatic N) is 4. The zero-order valence-corrected chi connectivity index (χ0v) is 56.8. The standard InChI is InChI=1S/C94H56N4S3/c1-5-25-59(26-6-1)93(60-27-7-2-8-28-60)77-43-19-17-37-71(77)83-73(41-21-45-79(83)93)91-87-88(92(101-91)74-42-22-46-80-84(74)72-38-18-20-44-78(72)94(80,61-29-9-3-10-30-61)62-31-11-4-12-32-62)98-86-76-54-58(64-34-14-16-36-66(64)70-40-24-48-82-90(70)100-56-96-82)50-52-68(76)67-51-49-57(53-75(67)85(86)97-87)63-33-13-15-35-65(63)69-39-23-47-81-89(69)99-55-95-81/h1-56H. The second kappa shape index (κ2) is 22.7. The van der Waals surface area contributed by atoms with Gasteiger partial charge in [-0.1, -0.05) is 303 Å². The molecule has 0 radical (unpaired) electrons. The fourth-order valence-electron chi connectivity index (χ4n) is 17.5. The molecule has 470 valence electrons. The van der Waals surface area contributed by atoms with Crippen molar-refractivity contribution in [1.29, 1.82) is 0 Å². The molecule has 4 aromatic heterocycles. The summed E-state index contributed by atoms with van der Waals surface area (Å²) in [7, 11) is 0. The largest absolute Gasteiger partial charge is 0.245 e. The van der Waals surface area contributed by atoms with Gasteiger partial charge in [-0.2, -0.15) is 0 Å². The van der Waals surface area contributed by atoms with Crippen LogP contribution >= 0.6 is 34.0 Å². The van der Waals surface area contributed by atoms with Crippen molar-refractivity contribution in [2.24, 2.45) is 0 Å². The number of hydrogen-bond acceptors (Lipinski definition) is 7. The Morgan fingerprint density at radius 3 is 0.970 bits per heavy atom. The quantitative estimate of drug-likeness (QED) is 0.128. The fraction of sp³-hybridized carbons (Fsp3) is 0.0213. The van der Waals surface area contributed by atoms with Crippen molar-refractivity contribution < 1.29 is 0 Å². The van der Waals surface area contributed by atoms with Gasteiger partial charge >= 0.3 is 0 Å². The number of thiophene rings is 1. The Balaban J connectivity index is 0.903. The molecule has 101 heavy (non-hydrogen) atoms. The number of hydrogen-bond donors (Lipinski definition) is 0. The van der Waals surface area contributed by atoms with Crippen LogP contribution in [0.5, 0.6) is 0 Å². The van der Waals surface area contributed by atoms with Crippen LogP contribution in [0, 0.1) is 0 Å². The molecule has 0 fully saturated rings. The van der Waals surface area contributed by atoms with Crippen LogP contribution in [-0.2, 0) is 10.8 Å². The first-order chi connectivity index (χ1) is 50.1. The lowest BCUT2D eigenvalue weighted by molar-refractivity contribution is 0.768. The van der Waals surface area contributed by atoms with Crippen molar-refractivity contribution in [3.8, 4) is 87.6 Å². The maximum absolute atomic E-state index is 6.36. The Kier molecular flexibility index (Phi) is 13.0. The maximum atomic E-state index is 6.36. The summed E-state index contributed by atoms with van der Waals surface area (Å²) >= 11 is 5.21. The molecule has 0 saturated carbocycles. The second-order valence-electron chi connectivity index (χ2n) is 26.5. The Bertz CT molecular complexity index is 6110. The van der Waals surface area contributed by atoms with Crippen LogP contribution in [0.3, 0.4) is 0 Å². The molecule has 2 aliphatic carbocycles. The van der Waals surface area contributed by atoms with E-state index in [4.69, 9.17) is 19.9 Å². The van der Waals surface area contributed by atoms with Gasteiger partial charge in [0.25, 0.3) is 0 Å². The number of rotatable bonds is 10. The van der Waals surface area contributed by atoms with E-state index in [-0.39, 0.29) is 0 Å². The lowest BCUT2D eigenvalue weighted by atomic mass is 9.67. The molecule has 0 atom stereocenters. The lowest BCUT2D eigenvalue weighted by Crippen LogP contribution is -2.28. The highest BCUT2D eigenvalue weighted by Crippen LogP contribution is 2.63. The van der Waals surface area contributed by atoms with Crippen LogP contribution in [0.4, 0.5) is 0 Å². The van der Waals surface area contributed by atoms with Gasteiger partial charge in [0.05, 0.1) is 63.1 Å². The normalized spacial score (nSPS) is 13.3. The highest BCUT2D eigenvalue weighted by Gasteiger charge is 2.49. The van der Waals surface area contributed by atoms with E-state index in [9.17, 15) is 0 Å². The number of thiazole rings is 2. The van der Waals surface area contributed by atoms with E-state index in [0.29, 0.717) is 0 Å². The van der Waals surface area contributed by atoms with E-state index in [2.05, 4.69) is 328 Å². The predicted octanol–water partition coefficient (Wildman–Crippen LogP) is 25.1. The Labute approximate surface area is 595 Å². The minimum absolute atomic E-state index is 0.627. The molecule has 0 N–H and O–H groups in total. The van der Waals surface area contributed by atoms with Gasteiger partial charge in [0.2, 0.25) is 0 Å². The van der Waals surface area contributed by atoms with E-state index in [1.54, 1.807) is 22.7 Å². The molecular weight excluding hydrogens is 1280 g/mol. The van der Waals surface area contributed by atoms with Gasteiger partial charge in [0.1, 0.15) is 11.0 Å². The molecule has 0 amide bonds. The van der Waals surface area contributed by atoms with Gasteiger partial charge in [0.15, 0.2) is 0 Å². The van der Waals surface area contributed by atoms with Crippen LogP contribution in [-0.4, -0.2) is 19.9 Å². The van der Waals surface area contributed by atoms with Crippen molar-refractivity contribution in [2.75, 3.05) is 0 Å². The highest BCUT2D eigenvalue weighted by atomic mass is 32.1. The van der Waals surface area contributed by atoms with Gasteiger partial charge in [0, 0.05) is 33.0 Å². The third kappa shape index (κ3) is 8.40. The van der Waals surface area contributed by atoms with Crippen LogP contribution in [0.15, 0.2) is 339 Å². The van der Waals surface area contributed by atoms with E-state index in [1.807, 2.05) is 22.4 Å². The van der Waals surface area contributed by atoms with Crippen molar-refractivity contribution in [1.82, 2.24) is 19.9 Å². The minimum Gasteiger partial charge on any atom is -0.245 e. The monoisotopic (exact) mass is 1340 g/mol. The molecule has 15 aromatic carbocycles. The van der Waals surface area contributed by atoms with Crippen LogP contribution in [0.2, 0.25) is 0 Å². The van der Waals surface area contributed by atoms with E-state index < -0.39 is 10.8 Å². The van der Waals surface area contributed by atoms with Crippen LogP contribution < -0.4 is 0 Å². The summed E-state index contributed by atoms with van der Waals surface area (Å²) in [5.74, 6) is 0. The first-order valence-corrected chi connectivity index (χ1v) is 36.9. The Morgan fingerprint density at radius 1 is 0.238 bits per heavy atom. The molecule has 0 unspecified atom stereocenters.